The van der Waals surface area contributed by atoms with E-state index in [2.05, 4.69) is 18.0 Å². The van der Waals surface area contributed by atoms with Gasteiger partial charge in [-0.2, -0.15) is 4.31 Å². The van der Waals surface area contributed by atoms with Crippen LogP contribution >= 0.6 is 0 Å². The molecule has 5 unspecified atom stereocenters. The Morgan fingerprint density at radius 2 is 1.94 bits per heavy atom. The molecule has 7 nitrogen and oxygen atoms in total. The van der Waals surface area contributed by atoms with Gasteiger partial charge in [0.2, 0.25) is 11.8 Å². The zero-order valence-electron chi connectivity index (χ0n) is 20.6. The molecule has 0 aromatic heterocycles. The van der Waals surface area contributed by atoms with Crippen LogP contribution in [0.1, 0.15) is 59.8 Å². The molecule has 3 aliphatic rings. The molecule has 0 aromatic carbocycles. The lowest BCUT2D eigenvalue weighted by atomic mass is 9.55. The fourth-order valence-electron chi connectivity index (χ4n) is 5.82. The summed E-state index contributed by atoms with van der Waals surface area (Å²) < 4.78 is 41.5. The van der Waals surface area contributed by atoms with Crippen molar-refractivity contribution in [1.29, 1.82) is 0 Å². The van der Waals surface area contributed by atoms with Crippen LogP contribution < -0.4 is 11.1 Å². The molecule has 34 heavy (non-hydrogen) atoms. The Hall–Kier alpha value is -2.22. The average Bonchev–Trinajstić information content (AvgIpc) is 2.96. The van der Waals surface area contributed by atoms with Crippen LogP contribution in [0.4, 0.5) is 4.39 Å². The quantitative estimate of drug-likeness (QED) is 0.530. The SMILES string of the molecule is CC1CC2CC(C(C)NC(=O)C(C)(C)N(C)S(=O)(=O)C3=C=CC=CC=C3F)CC(C(N)=O)(C1)C2. The molecule has 3 rings (SSSR count). The largest absolute Gasteiger partial charge is 0.369 e. The Morgan fingerprint density at radius 1 is 1.26 bits per heavy atom. The van der Waals surface area contributed by atoms with Gasteiger partial charge >= 0.3 is 0 Å². The molecular weight excluding hydrogens is 457 g/mol. The molecule has 188 valence electrons. The van der Waals surface area contributed by atoms with Crippen molar-refractivity contribution < 1.29 is 22.4 Å². The minimum Gasteiger partial charge on any atom is -0.369 e. The number of sulfonamides is 1. The molecule has 5 atom stereocenters. The van der Waals surface area contributed by atoms with Gasteiger partial charge in [-0.3, -0.25) is 9.59 Å². The lowest BCUT2D eigenvalue weighted by Gasteiger charge is -2.50. The van der Waals surface area contributed by atoms with Gasteiger partial charge < -0.3 is 11.1 Å². The fraction of sp³-hybridized carbons (Fsp3) is 0.640. The summed E-state index contributed by atoms with van der Waals surface area (Å²) in [6, 6.07) is -0.282. The number of nitrogens with two attached hydrogens (primary N) is 1. The molecular formula is C25H36FN3O4S. The highest BCUT2D eigenvalue weighted by molar-refractivity contribution is 7.93. The van der Waals surface area contributed by atoms with Crippen LogP contribution in [0.5, 0.6) is 0 Å². The van der Waals surface area contributed by atoms with Crippen LogP contribution in [0.2, 0.25) is 0 Å². The molecule has 2 saturated carbocycles. The second-order valence-corrected chi connectivity index (χ2v) is 12.7. The third-order valence-electron chi connectivity index (χ3n) is 7.87. The van der Waals surface area contributed by atoms with E-state index in [4.69, 9.17) is 5.73 Å². The number of primary amides is 1. The molecule has 0 aliphatic heterocycles. The Balaban J connectivity index is 1.76. The van der Waals surface area contributed by atoms with Gasteiger partial charge in [0.15, 0.2) is 10.7 Å². The number of carbonyl (C=O) groups excluding carboxylic acids is 2. The second kappa shape index (κ2) is 9.44. The lowest BCUT2D eigenvalue weighted by molar-refractivity contribution is -0.137. The first-order chi connectivity index (χ1) is 15.7. The first-order valence-corrected chi connectivity index (χ1v) is 13.2. The van der Waals surface area contributed by atoms with E-state index in [-0.39, 0.29) is 17.9 Å². The Kier molecular flexibility index (Phi) is 7.32. The van der Waals surface area contributed by atoms with Crippen molar-refractivity contribution in [3.8, 4) is 0 Å². The average molecular weight is 494 g/mol. The van der Waals surface area contributed by atoms with Crippen molar-refractivity contribution in [2.24, 2.45) is 28.9 Å². The minimum atomic E-state index is -4.34. The van der Waals surface area contributed by atoms with Crippen molar-refractivity contribution in [3.63, 3.8) is 0 Å². The summed E-state index contributed by atoms with van der Waals surface area (Å²) in [6.45, 7) is 7.00. The van der Waals surface area contributed by atoms with Crippen LogP contribution in [0.3, 0.4) is 0 Å². The summed E-state index contributed by atoms with van der Waals surface area (Å²) in [4.78, 5) is 25.1. The lowest BCUT2D eigenvalue weighted by Crippen LogP contribution is -2.58. The van der Waals surface area contributed by atoms with Gasteiger partial charge in [0.05, 0.1) is 0 Å². The van der Waals surface area contributed by atoms with E-state index in [0.29, 0.717) is 18.3 Å². The van der Waals surface area contributed by atoms with E-state index in [1.807, 2.05) is 6.92 Å². The third-order valence-corrected chi connectivity index (χ3v) is 9.88. The normalized spacial score (nSPS) is 30.3. The molecule has 3 aliphatic carbocycles. The number of allylic oxidation sites excluding steroid dienone is 4. The highest BCUT2D eigenvalue weighted by Crippen LogP contribution is 2.53. The number of fused-ring (bicyclic) bond motifs is 2. The van der Waals surface area contributed by atoms with Crippen LogP contribution in [-0.4, -0.2) is 43.2 Å². The maximum atomic E-state index is 14.4. The van der Waals surface area contributed by atoms with Gasteiger partial charge in [-0.25, -0.2) is 12.8 Å². The minimum absolute atomic E-state index is 0.0550. The molecule has 3 N–H and O–H groups in total. The van der Waals surface area contributed by atoms with Gasteiger partial charge in [0.1, 0.15) is 5.54 Å². The number of likely N-dealkylation sites (N-methyl/N-ethyl adjacent to an activating group) is 1. The maximum absolute atomic E-state index is 14.4. The second-order valence-electron chi connectivity index (χ2n) is 10.8. The highest BCUT2D eigenvalue weighted by atomic mass is 32.2. The molecule has 2 fully saturated rings. The standard InChI is InChI=1S/C25H36FN3O4S/c1-16-11-18-12-19(15-25(13-16,14-18)22(27)30)17(2)28-23(31)24(3,4)29(5)34(32,33)21-10-8-6-7-9-20(21)26/h6-9,16-19H,11-15H2,1-5H3,(H2,27,30)(H,28,31). The summed E-state index contributed by atoms with van der Waals surface area (Å²) in [5.41, 5.74) is 6.24. The van der Waals surface area contributed by atoms with Crippen molar-refractivity contribution >= 4 is 21.8 Å². The predicted octanol–water partition coefficient (Wildman–Crippen LogP) is 3.31. The number of amides is 2. The van der Waals surface area contributed by atoms with Crippen LogP contribution in [0.25, 0.3) is 0 Å². The zero-order chi connectivity index (χ0) is 25.5. The van der Waals surface area contributed by atoms with E-state index in [0.717, 1.165) is 36.1 Å². The number of rotatable bonds is 7. The van der Waals surface area contributed by atoms with E-state index < -0.39 is 37.6 Å². The van der Waals surface area contributed by atoms with Gasteiger partial charge in [-0.15, -0.1) is 0 Å². The smallest absolute Gasteiger partial charge is 0.254 e. The topological polar surface area (TPSA) is 110 Å². The predicted molar refractivity (Wildman–Crippen MR) is 129 cm³/mol. The Bertz CT molecular complexity index is 1080. The molecule has 9 heteroatoms. The summed E-state index contributed by atoms with van der Waals surface area (Å²) in [7, 11) is -3.08. The number of hydrogen-bond donors (Lipinski definition) is 2. The van der Waals surface area contributed by atoms with Crippen molar-refractivity contribution in [3.05, 3.63) is 40.8 Å². The molecule has 2 amide bonds. The highest BCUT2D eigenvalue weighted by Gasteiger charge is 2.50. The molecule has 0 spiro atoms. The Morgan fingerprint density at radius 3 is 2.59 bits per heavy atom. The third kappa shape index (κ3) is 4.92. The van der Waals surface area contributed by atoms with Crippen LogP contribution in [-0.2, 0) is 19.6 Å². The van der Waals surface area contributed by atoms with Crippen molar-refractivity contribution in [2.75, 3.05) is 7.05 Å². The monoisotopic (exact) mass is 493 g/mol. The van der Waals surface area contributed by atoms with Gasteiger partial charge in [-0.1, -0.05) is 24.8 Å². The number of hydrogen-bond acceptors (Lipinski definition) is 4. The molecule has 0 heterocycles. The van der Waals surface area contributed by atoms with E-state index in [1.165, 1.54) is 39.1 Å². The Labute approximate surface area is 202 Å². The number of carbonyl (C=O) groups is 2. The molecule has 2 bridgehead atoms. The fourth-order valence-corrected chi connectivity index (χ4v) is 7.31. The zero-order valence-corrected chi connectivity index (χ0v) is 21.4. The summed E-state index contributed by atoms with van der Waals surface area (Å²) >= 11 is 0. The number of nitrogens with one attached hydrogen (secondary N) is 1. The summed E-state index contributed by atoms with van der Waals surface area (Å²) in [6.07, 6.45) is 9.30. The first-order valence-electron chi connectivity index (χ1n) is 11.8. The van der Waals surface area contributed by atoms with Crippen molar-refractivity contribution in [2.45, 2.75) is 71.4 Å². The van der Waals surface area contributed by atoms with Gasteiger partial charge in [0, 0.05) is 18.5 Å². The number of halogens is 1. The van der Waals surface area contributed by atoms with Crippen LogP contribution in [0, 0.1) is 23.2 Å². The molecule has 0 radical (unpaired) electrons. The van der Waals surface area contributed by atoms with E-state index in [1.54, 1.807) is 0 Å². The maximum Gasteiger partial charge on any atom is 0.254 e. The van der Waals surface area contributed by atoms with Gasteiger partial charge in [-0.05, 0) is 82.8 Å². The summed E-state index contributed by atoms with van der Waals surface area (Å²) in [5.74, 6) is -0.841. The first kappa shape index (κ1) is 26.4. The number of nitrogens with zero attached hydrogens (tertiary/aromatic N) is 1. The summed E-state index contributed by atoms with van der Waals surface area (Å²) in [5, 5.41) is 2.97. The van der Waals surface area contributed by atoms with Gasteiger partial charge in [0.25, 0.3) is 10.0 Å². The molecule has 0 saturated heterocycles. The van der Waals surface area contributed by atoms with Crippen LogP contribution in [0.15, 0.2) is 40.8 Å². The molecule has 0 aromatic rings. The van der Waals surface area contributed by atoms with E-state index in [9.17, 15) is 22.4 Å². The van der Waals surface area contributed by atoms with Crippen molar-refractivity contribution in [1.82, 2.24) is 9.62 Å². The van der Waals surface area contributed by atoms with E-state index >= 15 is 0 Å².